The summed E-state index contributed by atoms with van der Waals surface area (Å²) in [7, 11) is 0. The van der Waals surface area contributed by atoms with E-state index < -0.39 is 6.10 Å². The largest absolute Gasteiger partial charge is 0.383 e. The Bertz CT molecular complexity index is 816. The molecule has 0 aliphatic heterocycles. The molecule has 0 fully saturated rings. The van der Waals surface area contributed by atoms with Crippen LogP contribution in [-0.4, -0.2) is 11.1 Å². The fourth-order valence-corrected chi connectivity index (χ4v) is 3.89. The maximum absolute atomic E-state index is 12.8. The average molecular weight is 376 g/mol. The Hall–Kier alpha value is -2.22. The van der Waals surface area contributed by atoms with Crippen molar-refractivity contribution in [1.29, 1.82) is 0 Å². The van der Waals surface area contributed by atoms with E-state index in [1.54, 1.807) is 23.5 Å². The monoisotopic (exact) mass is 376 g/mol. The van der Waals surface area contributed by atoms with Crippen LogP contribution in [0, 0.1) is 5.82 Å². The number of urea groups is 1. The van der Waals surface area contributed by atoms with Crippen molar-refractivity contribution in [2.24, 2.45) is 0 Å². The van der Waals surface area contributed by atoms with Gasteiger partial charge in [0.05, 0.1) is 6.54 Å². The zero-order valence-electron chi connectivity index (χ0n) is 13.2. The van der Waals surface area contributed by atoms with Crippen molar-refractivity contribution in [2.45, 2.75) is 19.2 Å². The van der Waals surface area contributed by atoms with Gasteiger partial charge >= 0.3 is 6.03 Å². The van der Waals surface area contributed by atoms with Gasteiger partial charge < -0.3 is 15.7 Å². The normalized spacial score (nSPS) is 11.9. The van der Waals surface area contributed by atoms with E-state index in [2.05, 4.69) is 10.6 Å². The highest BCUT2D eigenvalue weighted by Crippen LogP contribution is 2.29. The van der Waals surface area contributed by atoms with Crippen molar-refractivity contribution in [3.8, 4) is 0 Å². The quantitative estimate of drug-likeness (QED) is 0.608. The van der Waals surface area contributed by atoms with Crippen molar-refractivity contribution < 1.29 is 14.3 Å². The fraction of sp³-hybridized carbons (Fsp3) is 0.167. The molecule has 1 aromatic carbocycles. The molecule has 3 N–H and O–H groups in total. The van der Waals surface area contributed by atoms with Crippen LogP contribution in [0.5, 0.6) is 0 Å². The zero-order chi connectivity index (χ0) is 17.6. The Labute approximate surface area is 153 Å². The molecule has 3 rings (SSSR count). The highest BCUT2D eigenvalue weighted by atomic mass is 32.1. The van der Waals surface area contributed by atoms with Gasteiger partial charge in [-0.25, -0.2) is 9.18 Å². The number of carbonyl (C=O) groups is 1. The Morgan fingerprint density at radius 2 is 1.84 bits per heavy atom. The number of carbonyl (C=O) groups excluding carboxylic acids is 1. The molecule has 2 heterocycles. The summed E-state index contributed by atoms with van der Waals surface area (Å²) in [5.41, 5.74) is 1.71. The first kappa shape index (κ1) is 17.6. The molecule has 7 heteroatoms. The average Bonchev–Trinajstić information content (AvgIpc) is 3.30. The minimum absolute atomic E-state index is 0.294. The lowest BCUT2D eigenvalue weighted by Crippen LogP contribution is -2.34. The van der Waals surface area contributed by atoms with Gasteiger partial charge in [-0.3, -0.25) is 0 Å². The second-order valence-corrected chi connectivity index (χ2v) is 7.41. The first-order valence-electron chi connectivity index (χ1n) is 7.67. The standard InChI is InChI=1S/C18H17FN2O2S2/c19-14-3-1-12(2-4-14)9-20-18(23)21-10-15-5-6-16(25-15)17(22)13-7-8-24-11-13/h1-8,11,17,22H,9-10H2,(H2,20,21,23). The van der Waals surface area contributed by atoms with Crippen LogP contribution in [0.3, 0.4) is 0 Å². The predicted octanol–water partition coefficient (Wildman–Crippen LogP) is 4.03. The van der Waals surface area contributed by atoms with Crippen molar-refractivity contribution in [2.75, 3.05) is 0 Å². The summed E-state index contributed by atoms with van der Waals surface area (Å²) in [6.45, 7) is 0.717. The lowest BCUT2D eigenvalue weighted by molar-refractivity contribution is 0.224. The highest BCUT2D eigenvalue weighted by molar-refractivity contribution is 7.12. The Balaban J connectivity index is 1.47. The molecule has 4 nitrogen and oxygen atoms in total. The lowest BCUT2D eigenvalue weighted by Gasteiger charge is -2.07. The molecule has 2 aromatic heterocycles. The third-order valence-corrected chi connectivity index (χ3v) is 5.44. The van der Waals surface area contributed by atoms with Crippen LogP contribution in [0.4, 0.5) is 9.18 Å². The summed E-state index contributed by atoms with van der Waals surface area (Å²) in [4.78, 5) is 13.7. The smallest absolute Gasteiger partial charge is 0.315 e. The van der Waals surface area contributed by atoms with Crippen molar-refractivity contribution in [1.82, 2.24) is 10.6 Å². The van der Waals surface area contributed by atoms with Gasteiger partial charge in [0, 0.05) is 16.3 Å². The Morgan fingerprint density at radius 3 is 2.56 bits per heavy atom. The second kappa shape index (κ2) is 8.24. The third-order valence-electron chi connectivity index (χ3n) is 3.60. The number of benzene rings is 1. The number of aliphatic hydroxyl groups is 1. The van der Waals surface area contributed by atoms with E-state index in [1.807, 2.05) is 29.0 Å². The lowest BCUT2D eigenvalue weighted by atomic mass is 10.2. The van der Waals surface area contributed by atoms with Crippen LogP contribution in [-0.2, 0) is 13.1 Å². The number of nitrogens with one attached hydrogen (secondary N) is 2. The number of amides is 2. The summed E-state index contributed by atoms with van der Waals surface area (Å²) >= 11 is 3.01. The summed E-state index contributed by atoms with van der Waals surface area (Å²) in [6.07, 6.45) is -0.627. The highest BCUT2D eigenvalue weighted by Gasteiger charge is 2.13. The van der Waals surface area contributed by atoms with Crippen LogP contribution in [0.25, 0.3) is 0 Å². The van der Waals surface area contributed by atoms with Gasteiger partial charge in [-0.05, 0) is 52.2 Å². The maximum atomic E-state index is 12.8. The molecule has 0 bridgehead atoms. The molecular weight excluding hydrogens is 359 g/mol. The van der Waals surface area contributed by atoms with E-state index in [0.717, 1.165) is 20.9 Å². The number of rotatable bonds is 6. The first-order chi connectivity index (χ1) is 12.1. The maximum Gasteiger partial charge on any atom is 0.315 e. The molecule has 25 heavy (non-hydrogen) atoms. The van der Waals surface area contributed by atoms with E-state index in [9.17, 15) is 14.3 Å². The number of hydrogen-bond acceptors (Lipinski definition) is 4. The molecule has 1 atom stereocenters. The summed E-state index contributed by atoms with van der Waals surface area (Å²) < 4.78 is 12.8. The number of thiophene rings is 2. The van der Waals surface area contributed by atoms with Crippen LogP contribution in [0.1, 0.15) is 27.0 Å². The summed E-state index contributed by atoms with van der Waals surface area (Å²) in [5, 5.41) is 19.6. The van der Waals surface area contributed by atoms with Gasteiger partial charge in [0.2, 0.25) is 0 Å². The van der Waals surface area contributed by atoms with E-state index in [4.69, 9.17) is 0 Å². The first-order valence-corrected chi connectivity index (χ1v) is 9.42. The van der Waals surface area contributed by atoms with Gasteiger partial charge in [-0.1, -0.05) is 12.1 Å². The van der Waals surface area contributed by atoms with Crippen molar-refractivity contribution in [3.05, 3.63) is 79.9 Å². The topological polar surface area (TPSA) is 61.4 Å². The second-order valence-electron chi connectivity index (χ2n) is 5.43. The number of hydrogen-bond donors (Lipinski definition) is 3. The van der Waals surface area contributed by atoms with Crippen LogP contribution < -0.4 is 10.6 Å². The third kappa shape index (κ3) is 4.88. The summed E-state index contributed by atoms with van der Waals surface area (Å²) in [6, 6.07) is 11.4. The molecule has 0 saturated heterocycles. The molecule has 130 valence electrons. The minimum atomic E-state index is -0.627. The Morgan fingerprint density at radius 1 is 1.08 bits per heavy atom. The van der Waals surface area contributed by atoms with Crippen LogP contribution in [0.15, 0.2) is 53.2 Å². The molecule has 0 aliphatic rings. The van der Waals surface area contributed by atoms with E-state index in [0.29, 0.717) is 13.1 Å². The molecule has 0 spiro atoms. The zero-order valence-corrected chi connectivity index (χ0v) is 14.9. The van der Waals surface area contributed by atoms with Gasteiger partial charge in [0.1, 0.15) is 11.9 Å². The number of halogens is 1. The molecule has 0 radical (unpaired) electrons. The van der Waals surface area contributed by atoms with Gasteiger partial charge in [0.25, 0.3) is 0 Å². The fourth-order valence-electron chi connectivity index (χ4n) is 2.25. The van der Waals surface area contributed by atoms with Gasteiger partial charge in [-0.15, -0.1) is 11.3 Å². The SMILES string of the molecule is O=C(NCc1ccc(F)cc1)NCc1ccc(C(O)c2ccsc2)s1. The molecular formula is C18H17FN2O2S2. The van der Waals surface area contributed by atoms with E-state index >= 15 is 0 Å². The van der Waals surface area contributed by atoms with Gasteiger partial charge in [-0.2, -0.15) is 11.3 Å². The molecule has 3 aromatic rings. The number of aliphatic hydroxyl groups excluding tert-OH is 1. The van der Waals surface area contributed by atoms with E-state index in [1.165, 1.54) is 23.5 Å². The van der Waals surface area contributed by atoms with Crippen molar-refractivity contribution in [3.63, 3.8) is 0 Å². The van der Waals surface area contributed by atoms with E-state index in [-0.39, 0.29) is 11.8 Å². The Kier molecular flexibility index (Phi) is 5.80. The van der Waals surface area contributed by atoms with Gasteiger partial charge in [0.15, 0.2) is 0 Å². The van der Waals surface area contributed by atoms with Crippen molar-refractivity contribution >= 4 is 28.7 Å². The minimum Gasteiger partial charge on any atom is -0.383 e. The van der Waals surface area contributed by atoms with Crippen LogP contribution in [0.2, 0.25) is 0 Å². The van der Waals surface area contributed by atoms with Crippen LogP contribution >= 0.6 is 22.7 Å². The summed E-state index contributed by atoms with van der Waals surface area (Å²) in [5.74, 6) is -0.300. The predicted molar refractivity (Wildman–Crippen MR) is 98.2 cm³/mol. The molecule has 1 unspecified atom stereocenters. The molecule has 0 aliphatic carbocycles. The molecule has 2 amide bonds. The molecule has 0 saturated carbocycles.